The van der Waals surface area contributed by atoms with Gasteiger partial charge in [0.15, 0.2) is 0 Å². The summed E-state index contributed by atoms with van der Waals surface area (Å²) in [7, 11) is 0. The number of nitriles is 1. The van der Waals surface area contributed by atoms with E-state index in [-0.39, 0.29) is 10.9 Å². The first-order valence-electron chi connectivity index (χ1n) is 9.92. The van der Waals surface area contributed by atoms with Gasteiger partial charge >= 0.3 is 0 Å². The van der Waals surface area contributed by atoms with E-state index in [1.54, 1.807) is 12.1 Å². The number of aryl methyl sites for hydroxylation is 1. The molecule has 4 rings (SSSR count). The third-order valence-corrected chi connectivity index (χ3v) is 5.53. The van der Waals surface area contributed by atoms with Gasteiger partial charge in [0.25, 0.3) is 5.56 Å². The lowest BCUT2D eigenvalue weighted by atomic mass is 10.1. The van der Waals surface area contributed by atoms with Gasteiger partial charge in [-0.3, -0.25) is 9.69 Å². The molecule has 2 heterocycles. The molecule has 1 N–H and O–H groups in total. The lowest BCUT2D eigenvalue weighted by Crippen LogP contribution is -2.46. The van der Waals surface area contributed by atoms with Gasteiger partial charge in [-0.15, -0.1) is 0 Å². The van der Waals surface area contributed by atoms with Crippen LogP contribution >= 0.6 is 0 Å². The van der Waals surface area contributed by atoms with E-state index in [1.807, 2.05) is 30.3 Å². The van der Waals surface area contributed by atoms with Crippen molar-refractivity contribution in [2.45, 2.75) is 12.8 Å². The fourth-order valence-electron chi connectivity index (χ4n) is 3.94. The molecule has 1 fully saturated rings. The number of anilines is 1. The van der Waals surface area contributed by atoms with Gasteiger partial charge < -0.3 is 9.88 Å². The monoisotopic (exact) mass is 390 g/mol. The number of rotatable bonds is 5. The van der Waals surface area contributed by atoms with E-state index in [4.69, 9.17) is 5.26 Å². The number of halogens is 1. The van der Waals surface area contributed by atoms with Crippen molar-refractivity contribution in [1.82, 2.24) is 9.88 Å². The molecule has 0 amide bonds. The minimum absolute atomic E-state index is 0.134. The first-order valence-corrected chi connectivity index (χ1v) is 9.92. The molecule has 148 valence electrons. The van der Waals surface area contributed by atoms with Gasteiger partial charge in [-0.1, -0.05) is 12.1 Å². The highest BCUT2D eigenvalue weighted by Gasteiger charge is 2.17. The highest BCUT2D eigenvalue weighted by molar-refractivity contribution is 5.82. The van der Waals surface area contributed by atoms with Crippen LogP contribution < -0.4 is 10.5 Å². The third-order valence-electron chi connectivity index (χ3n) is 5.53. The number of hydrogen-bond acceptors (Lipinski definition) is 4. The molecule has 2 aromatic carbocycles. The van der Waals surface area contributed by atoms with Crippen molar-refractivity contribution < 1.29 is 4.39 Å². The van der Waals surface area contributed by atoms with Gasteiger partial charge in [-0.25, -0.2) is 4.39 Å². The molecule has 3 aromatic rings. The predicted octanol–water partition coefficient (Wildman–Crippen LogP) is 3.29. The number of aromatic amines is 1. The Hall–Kier alpha value is -3.17. The Morgan fingerprint density at radius 2 is 1.83 bits per heavy atom. The predicted molar refractivity (Wildman–Crippen MR) is 113 cm³/mol. The summed E-state index contributed by atoms with van der Waals surface area (Å²) in [5.41, 5.74) is 2.34. The molecule has 1 saturated heterocycles. The molecule has 1 aliphatic heterocycles. The summed E-state index contributed by atoms with van der Waals surface area (Å²) in [5.74, 6) is -0.476. The van der Waals surface area contributed by atoms with E-state index in [0.717, 1.165) is 56.9 Å². The number of nitrogens with one attached hydrogen (secondary N) is 1. The molecule has 1 aliphatic rings. The highest BCUT2D eigenvalue weighted by atomic mass is 19.1. The van der Waals surface area contributed by atoms with Gasteiger partial charge in [-0.05, 0) is 61.2 Å². The zero-order valence-electron chi connectivity index (χ0n) is 16.2. The van der Waals surface area contributed by atoms with Gasteiger partial charge in [0.2, 0.25) is 0 Å². The van der Waals surface area contributed by atoms with Crippen molar-refractivity contribution in [3.05, 3.63) is 76.0 Å². The van der Waals surface area contributed by atoms with Gasteiger partial charge in [0.1, 0.15) is 5.82 Å². The topological polar surface area (TPSA) is 63.1 Å². The average molecular weight is 390 g/mol. The second-order valence-electron chi connectivity index (χ2n) is 7.42. The van der Waals surface area contributed by atoms with Crippen LogP contribution in [0.25, 0.3) is 10.8 Å². The van der Waals surface area contributed by atoms with E-state index in [9.17, 15) is 9.18 Å². The summed E-state index contributed by atoms with van der Waals surface area (Å²) in [5, 5.41) is 9.70. The van der Waals surface area contributed by atoms with Crippen LogP contribution in [-0.4, -0.2) is 42.6 Å². The first-order chi connectivity index (χ1) is 14.1. The second kappa shape index (κ2) is 8.46. The summed E-state index contributed by atoms with van der Waals surface area (Å²) < 4.78 is 13.8. The highest BCUT2D eigenvalue weighted by Crippen LogP contribution is 2.18. The van der Waals surface area contributed by atoms with Crippen molar-refractivity contribution in [1.29, 1.82) is 5.26 Å². The number of H-pyrrole nitrogens is 1. The summed E-state index contributed by atoms with van der Waals surface area (Å²) >= 11 is 0. The molecule has 0 unspecified atom stereocenters. The van der Waals surface area contributed by atoms with Crippen molar-refractivity contribution in [3.63, 3.8) is 0 Å². The number of pyridine rings is 1. The number of hydrogen-bond donors (Lipinski definition) is 1. The normalized spacial score (nSPS) is 14.8. The fourth-order valence-corrected chi connectivity index (χ4v) is 3.94. The molecule has 0 saturated carbocycles. The largest absolute Gasteiger partial charge is 0.369 e. The molecule has 0 aliphatic carbocycles. The van der Waals surface area contributed by atoms with E-state index >= 15 is 0 Å². The number of piperazine rings is 1. The maximum Gasteiger partial charge on any atom is 0.258 e. The zero-order chi connectivity index (χ0) is 20.2. The van der Waals surface area contributed by atoms with E-state index in [1.165, 1.54) is 6.07 Å². The molecular formula is C23H23FN4O. The molecule has 0 spiro atoms. The first kappa shape index (κ1) is 19.2. The van der Waals surface area contributed by atoms with Crippen LogP contribution in [0, 0.1) is 17.1 Å². The minimum atomic E-state index is -0.476. The smallest absolute Gasteiger partial charge is 0.258 e. The Bertz CT molecular complexity index is 1090. The lowest BCUT2D eigenvalue weighted by Gasteiger charge is -2.36. The molecule has 0 radical (unpaired) electrons. The Morgan fingerprint density at radius 3 is 2.55 bits per heavy atom. The van der Waals surface area contributed by atoms with E-state index in [0.29, 0.717) is 10.9 Å². The fraction of sp³-hybridized carbons (Fsp3) is 0.304. The van der Waals surface area contributed by atoms with Crippen LogP contribution in [0.2, 0.25) is 0 Å². The van der Waals surface area contributed by atoms with Crippen molar-refractivity contribution in [2.24, 2.45) is 0 Å². The quantitative estimate of drug-likeness (QED) is 0.726. The lowest BCUT2D eigenvalue weighted by molar-refractivity contribution is 0.255. The van der Waals surface area contributed by atoms with Crippen LogP contribution in [0.1, 0.15) is 17.7 Å². The Labute approximate surface area is 169 Å². The Balaban J connectivity index is 1.29. The summed E-state index contributed by atoms with van der Waals surface area (Å²) in [6.45, 7) is 4.85. The molecule has 0 atom stereocenters. The maximum atomic E-state index is 13.8. The number of benzene rings is 2. The summed E-state index contributed by atoms with van der Waals surface area (Å²) in [6, 6.07) is 16.5. The minimum Gasteiger partial charge on any atom is -0.369 e. The second-order valence-corrected chi connectivity index (χ2v) is 7.42. The van der Waals surface area contributed by atoms with Crippen LogP contribution in [0.15, 0.2) is 53.3 Å². The van der Waals surface area contributed by atoms with Crippen LogP contribution in [0.4, 0.5) is 10.1 Å². The molecule has 29 heavy (non-hydrogen) atoms. The molecular weight excluding hydrogens is 367 g/mol. The SMILES string of the molecule is N#Cc1ccc(N2CCN(CCCc3cc4cccc(F)c4c(=O)[nH]3)CC2)cc1. The van der Waals surface area contributed by atoms with Crippen molar-refractivity contribution >= 4 is 16.5 Å². The molecule has 1 aromatic heterocycles. The number of fused-ring (bicyclic) bond motifs is 1. The van der Waals surface area contributed by atoms with Crippen molar-refractivity contribution in [3.8, 4) is 6.07 Å². The molecule has 5 nitrogen and oxygen atoms in total. The molecule has 6 heteroatoms. The van der Waals surface area contributed by atoms with Gasteiger partial charge in [0.05, 0.1) is 17.0 Å². The third kappa shape index (κ3) is 4.30. The van der Waals surface area contributed by atoms with Crippen LogP contribution in [0.3, 0.4) is 0 Å². The van der Waals surface area contributed by atoms with E-state index < -0.39 is 5.82 Å². The number of nitrogens with zero attached hydrogens (tertiary/aromatic N) is 3. The van der Waals surface area contributed by atoms with Crippen LogP contribution in [0.5, 0.6) is 0 Å². The van der Waals surface area contributed by atoms with E-state index in [2.05, 4.69) is 20.9 Å². The number of aromatic nitrogens is 1. The summed E-state index contributed by atoms with van der Waals surface area (Å²) in [4.78, 5) is 19.8. The standard InChI is InChI=1S/C23H23FN4O/c24-21-5-1-3-18-15-19(26-23(29)22(18)21)4-2-10-27-11-13-28(14-12-27)20-8-6-17(16-25)7-9-20/h1,3,5-9,15H,2,4,10-14H2,(H,26,29). The molecule has 0 bridgehead atoms. The van der Waals surface area contributed by atoms with Gasteiger partial charge in [0, 0.05) is 37.6 Å². The zero-order valence-corrected chi connectivity index (χ0v) is 16.2. The Kier molecular flexibility index (Phi) is 5.59. The average Bonchev–Trinajstić information content (AvgIpc) is 2.74. The van der Waals surface area contributed by atoms with Gasteiger partial charge in [-0.2, -0.15) is 5.26 Å². The summed E-state index contributed by atoms with van der Waals surface area (Å²) in [6.07, 6.45) is 1.70. The van der Waals surface area contributed by atoms with Crippen LogP contribution in [-0.2, 0) is 6.42 Å². The Morgan fingerprint density at radius 1 is 1.07 bits per heavy atom. The van der Waals surface area contributed by atoms with Crippen molar-refractivity contribution in [2.75, 3.05) is 37.6 Å². The maximum absolute atomic E-state index is 13.8.